The summed E-state index contributed by atoms with van der Waals surface area (Å²) in [7, 11) is -4.14. The van der Waals surface area contributed by atoms with Crippen molar-refractivity contribution < 1.29 is 27.8 Å². The van der Waals surface area contributed by atoms with E-state index in [0.717, 1.165) is 11.3 Å². The van der Waals surface area contributed by atoms with Crippen molar-refractivity contribution in [1.82, 2.24) is 4.72 Å². The maximum Gasteiger partial charge on any atom is 0.418 e. The molecule has 2 rings (SSSR count). The van der Waals surface area contributed by atoms with Crippen LogP contribution in [0.5, 0.6) is 11.5 Å². The molecule has 0 saturated carbocycles. The van der Waals surface area contributed by atoms with Crippen LogP contribution in [0.2, 0.25) is 0 Å². The second kappa shape index (κ2) is 9.50. The van der Waals surface area contributed by atoms with Crippen molar-refractivity contribution in [3.63, 3.8) is 0 Å². The fourth-order valence-corrected chi connectivity index (χ4v) is 4.49. The van der Waals surface area contributed by atoms with Crippen LogP contribution in [0.25, 0.3) is 10.1 Å². The Balaban J connectivity index is 2.37. The van der Waals surface area contributed by atoms with Crippen molar-refractivity contribution in [2.45, 2.75) is 17.1 Å². The molecule has 2 N–H and O–H groups in total. The van der Waals surface area contributed by atoms with Crippen LogP contribution >= 0.6 is 34.5 Å². The van der Waals surface area contributed by atoms with E-state index in [1.54, 1.807) is 12.1 Å². The van der Waals surface area contributed by atoms with Crippen LogP contribution in [-0.4, -0.2) is 44.6 Å². The summed E-state index contributed by atoms with van der Waals surface area (Å²) in [5.74, 6) is 1.83. The number of hydrogen-bond donors (Lipinski definition) is 2. The minimum atomic E-state index is -4.14. The quantitative estimate of drug-likeness (QED) is 0.428. The molecule has 26 heavy (non-hydrogen) atoms. The molecule has 1 amide bonds. The van der Waals surface area contributed by atoms with Crippen LogP contribution in [0.4, 0.5) is 4.79 Å². The predicted octanol–water partition coefficient (Wildman–Crippen LogP) is 3.87. The zero-order valence-corrected chi connectivity index (χ0v) is 16.7. The van der Waals surface area contributed by atoms with Crippen molar-refractivity contribution in [2.75, 3.05) is 25.0 Å². The lowest BCUT2D eigenvalue weighted by Crippen LogP contribution is -2.28. The van der Waals surface area contributed by atoms with E-state index < -0.39 is 16.1 Å². The first-order valence-electron chi connectivity index (χ1n) is 7.58. The standard InChI is InChI=1S/C15H17Cl2NO6S2/c16-3-1-5-23-11-7-10-8-14(26(21,22)18-15(19)20)25-13(10)9-12(11)24-6-2-4-17/h7-9,18H,1-6H2,(H,19,20). The molecule has 144 valence electrons. The third kappa shape index (κ3) is 5.54. The van der Waals surface area contributed by atoms with E-state index in [0.29, 0.717) is 59.4 Å². The second-order valence-electron chi connectivity index (χ2n) is 5.09. The highest BCUT2D eigenvalue weighted by Crippen LogP contribution is 2.38. The number of fused-ring (bicyclic) bond motifs is 1. The van der Waals surface area contributed by atoms with E-state index in [1.165, 1.54) is 10.8 Å². The molecule has 2 aromatic rings. The van der Waals surface area contributed by atoms with Crippen molar-refractivity contribution in [2.24, 2.45) is 0 Å². The summed E-state index contributed by atoms with van der Waals surface area (Å²) in [5, 5.41) is 9.27. The van der Waals surface area contributed by atoms with Crippen LogP contribution in [-0.2, 0) is 10.0 Å². The fraction of sp³-hybridized carbons (Fsp3) is 0.400. The van der Waals surface area contributed by atoms with Gasteiger partial charge in [0.25, 0.3) is 10.0 Å². The third-order valence-electron chi connectivity index (χ3n) is 3.12. The van der Waals surface area contributed by atoms with Gasteiger partial charge in [0, 0.05) is 22.5 Å². The number of alkyl halides is 2. The lowest BCUT2D eigenvalue weighted by atomic mass is 10.2. The Morgan fingerprint density at radius 3 is 2.19 bits per heavy atom. The molecule has 0 aliphatic carbocycles. The molecular weight excluding hydrogens is 425 g/mol. The number of benzene rings is 1. The molecule has 1 heterocycles. The van der Waals surface area contributed by atoms with Crippen molar-refractivity contribution in [3.8, 4) is 11.5 Å². The number of sulfonamides is 1. The SMILES string of the molecule is O=C(O)NS(=O)(=O)c1cc2cc(OCCCCl)c(OCCCCl)cc2s1. The number of nitrogens with one attached hydrogen (secondary N) is 1. The van der Waals surface area contributed by atoms with Gasteiger partial charge in [0.05, 0.1) is 13.2 Å². The summed E-state index contributed by atoms with van der Waals surface area (Å²) in [4.78, 5) is 10.7. The molecule has 0 spiro atoms. The number of carbonyl (C=O) groups is 1. The van der Waals surface area contributed by atoms with E-state index in [2.05, 4.69) is 0 Å². The number of ether oxygens (including phenoxy) is 2. The molecule has 7 nitrogen and oxygen atoms in total. The van der Waals surface area contributed by atoms with Crippen molar-refractivity contribution in [3.05, 3.63) is 18.2 Å². The Kier molecular flexibility index (Phi) is 7.63. The third-order valence-corrected chi connectivity index (χ3v) is 6.54. The first kappa shape index (κ1) is 20.9. The number of rotatable bonds is 10. The van der Waals surface area contributed by atoms with E-state index >= 15 is 0 Å². The Morgan fingerprint density at radius 2 is 1.65 bits per heavy atom. The highest BCUT2D eigenvalue weighted by Gasteiger charge is 2.21. The lowest BCUT2D eigenvalue weighted by molar-refractivity contribution is 0.201. The number of halogens is 2. The van der Waals surface area contributed by atoms with E-state index in [4.69, 9.17) is 37.8 Å². The largest absolute Gasteiger partial charge is 0.490 e. The maximum atomic E-state index is 12.0. The van der Waals surface area contributed by atoms with Gasteiger partial charge >= 0.3 is 6.09 Å². The lowest BCUT2D eigenvalue weighted by Gasteiger charge is -2.12. The molecule has 1 aromatic carbocycles. The fourth-order valence-electron chi connectivity index (χ4n) is 2.02. The predicted molar refractivity (Wildman–Crippen MR) is 102 cm³/mol. The zero-order chi connectivity index (χ0) is 19.2. The minimum absolute atomic E-state index is 0.112. The van der Waals surface area contributed by atoms with Gasteiger partial charge in [0.1, 0.15) is 4.21 Å². The second-order valence-corrected chi connectivity index (χ2v) is 8.84. The van der Waals surface area contributed by atoms with E-state index in [9.17, 15) is 13.2 Å². The Bertz CT molecular complexity index is 821. The van der Waals surface area contributed by atoms with Gasteiger partial charge in [-0.3, -0.25) is 0 Å². The summed E-state index contributed by atoms with van der Waals surface area (Å²) < 4.78 is 37.5. The average Bonchev–Trinajstić information content (AvgIpc) is 2.98. The van der Waals surface area contributed by atoms with Gasteiger partial charge in [0.15, 0.2) is 11.5 Å². The minimum Gasteiger partial charge on any atom is -0.490 e. The molecule has 0 radical (unpaired) electrons. The highest BCUT2D eigenvalue weighted by atomic mass is 35.5. The molecule has 0 unspecified atom stereocenters. The molecule has 0 aliphatic rings. The summed E-state index contributed by atoms with van der Waals surface area (Å²) in [5.41, 5.74) is 0. The molecule has 1 aromatic heterocycles. The van der Waals surface area contributed by atoms with Crippen LogP contribution in [0.3, 0.4) is 0 Å². The Labute approximate surface area is 164 Å². The number of thiophene rings is 1. The summed E-state index contributed by atoms with van der Waals surface area (Å²) >= 11 is 12.2. The average molecular weight is 442 g/mol. The monoisotopic (exact) mass is 441 g/mol. The first-order chi connectivity index (χ1) is 12.4. The van der Waals surface area contributed by atoms with Gasteiger partial charge in [0.2, 0.25) is 0 Å². The molecule has 11 heteroatoms. The summed E-state index contributed by atoms with van der Waals surface area (Å²) in [6.07, 6.45) is -0.350. The number of hydrogen-bond acceptors (Lipinski definition) is 6. The van der Waals surface area contributed by atoms with Crippen molar-refractivity contribution in [1.29, 1.82) is 0 Å². The van der Waals surface area contributed by atoms with Gasteiger partial charge in [-0.05, 0) is 30.4 Å². The smallest absolute Gasteiger partial charge is 0.418 e. The van der Waals surface area contributed by atoms with E-state index in [-0.39, 0.29) is 4.21 Å². The van der Waals surface area contributed by atoms with Gasteiger partial charge in [-0.15, -0.1) is 34.5 Å². The van der Waals surface area contributed by atoms with Crippen LogP contribution in [0.15, 0.2) is 22.4 Å². The van der Waals surface area contributed by atoms with Gasteiger partial charge in [-0.1, -0.05) is 0 Å². The summed E-state index contributed by atoms with van der Waals surface area (Å²) in [6, 6.07) is 4.72. The molecular formula is C15H17Cl2NO6S2. The summed E-state index contributed by atoms with van der Waals surface area (Å²) in [6.45, 7) is 0.773. The molecule has 0 saturated heterocycles. The van der Waals surface area contributed by atoms with Crippen LogP contribution in [0.1, 0.15) is 12.8 Å². The van der Waals surface area contributed by atoms with Gasteiger partial charge in [-0.25, -0.2) is 17.9 Å². The Morgan fingerprint density at radius 1 is 1.08 bits per heavy atom. The van der Waals surface area contributed by atoms with Gasteiger partial charge < -0.3 is 14.6 Å². The van der Waals surface area contributed by atoms with Crippen molar-refractivity contribution >= 4 is 60.7 Å². The highest BCUT2D eigenvalue weighted by molar-refractivity contribution is 7.92. The molecule has 0 aliphatic heterocycles. The first-order valence-corrected chi connectivity index (χ1v) is 10.9. The molecule has 0 fully saturated rings. The molecule has 0 bridgehead atoms. The van der Waals surface area contributed by atoms with E-state index in [1.807, 2.05) is 0 Å². The molecule has 0 atom stereocenters. The number of carboxylic acid groups (broad SMARTS) is 1. The topological polar surface area (TPSA) is 102 Å². The zero-order valence-electron chi connectivity index (χ0n) is 13.5. The van der Waals surface area contributed by atoms with Crippen LogP contribution in [0, 0.1) is 0 Å². The van der Waals surface area contributed by atoms with Gasteiger partial charge in [-0.2, -0.15) is 0 Å². The Hall–Kier alpha value is -1.42. The maximum absolute atomic E-state index is 12.0. The number of amides is 1. The van der Waals surface area contributed by atoms with Crippen LogP contribution < -0.4 is 14.2 Å². The normalized spacial score (nSPS) is 11.5.